The molecule has 0 aromatic carbocycles. The van der Waals surface area contributed by atoms with Crippen molar-refractivity contribution >= 4 is 41.4 Å². The van der Waals surface area contributed by atoms with Crippen molar-refractivity contribution in [2.75, 3.05) is 18.6 Å². The minimum Gasteiger partial charge on any atom is -0.481 e. The first kappa shape index (κ1) is 30.6. The van der Waals surface area contributed by atoms with Crippen LogP contribution in [0, 0.1) is 0 Å². The van der Waals surface area contributed by atoms with Crippen molar-refractivity contribution in [2.45, 2.75) is 69.3 Å². The Kier molecular flexibility index (Phi) is 15.0. The molecule has 0 radical (unpaired) electrons. The van der Waals surface area contributed by atoms with Gasteiger partial charge >= 0.3 is 11.9 Å². The highest BCUT2D eigenvalue weighted by Gasteiger charge is 2.31. The number of hydrogen-bond donors (Lipinski definition) is 8. The zero-order chi connectivity index (χ0) is 25.6. The van der Waals surface area contributed by atoms with Gasteiger partial charge in [0.15, 0.2) is 0 Å². The summed E-state index contributed by atoms with van der Waals surface area (Å²) in [6, 6.07) is -5.32. The van der Waals surface area contributed by atoms with E-state index in [0.717, 1.165) is 0 Å². The number of nitrogens with one attached hydrogen (secondary N) is 3. The number of amides is 3. The van der Waals surface area contributed by atoms with Crippen molar-refractivity contribution < 1.29 is 39.3 Å². The van der Waals surface area contributed by atoms with Gasteiger partial charge in [-0.05, 0) is 51.2 Å². The molecule has 0 aliphatic heterocycles. The summed E-state index contributed by atoms with van der Waals surface area (Å²) in [5, 5.41) is 34.8. The van der Waals surface area contributed by atoms with E-state index in [0.29, 0.717) is 25.1 Å². The topological polar surface area (TPSA) is 234 Å². The minimum atomic E-state index is -1.58. The molecule has 0 aliphatic rings. The van der Waals surface area contributed by atoms with Crippen LogP contribution in [0.2, 0.25) is 0 Å². The molecule has 14 heteroatoms. The van der Waals surface area contributed by atoms with E-state index in [2.05, 4.69) is 16.0 Å². The number of carbonyl (C=O) groups excluding carboxylic acids is 3. The number of thioether (sulfide) groups is 1. The number of aliphatic hydroxyl groups is 1. The minimum absolute atomic E-state index is 0.102. The van der Waals surface area contributed by atoms with E-state index in [1.54, 1.807) is 6.26 Å². The van der Waals surface area contributed by atoms with Crippen LogP contribution in [0.3, 0.4) is 0 Å². The molecule has 33 heavy (non-hydrogen) atoms. The number of aliphatic carboxylic acids is 2. The number of rotatable bonds is 17. The number of carbonyl (C=O) groups is 5. The molecule has 0 spiro atoms. The molecule has 190 valence electrons. The van der Waals surface area contributed by atoms with Gasteiger partial charge in [0, 0.05) is 0 Å². The summed E-state index contributed by atoms with van der Waals surface area (Å²) < 4.78 is 0. The highest BCUT2D eigenvalue weighted by atomic mass is 32.2. The van der Waals surface area contributed by atoms with Crippen LogP contribution in [0.1, 0.15) is 39.0 Å². The first-order chi connectivity index (χ1) is 15.4. The first-order valence-corrected chi connectivity index (χ1v) is 11.8. The molecule has 0 saturated carbocycles. The second kappa shape index (κ2) is 16.2. The molecule has 0 rings (SSSR count). The molecular weight excluding hydrogens is 458 g/mol. The van der Waals surface area contributed by atoms with Crippen molar-refractivity contribution in [1.82, 2.24) is 16.0 Å². The Labute approximate surface area is 196 Å². The normalized spacial score (nSPS) is 15.4. The van der Waals surface area contributed by atoms with Crippen LogP contribution in [-0.4, -0.2) is 93.8 Å². The Bertz CT molecular complexity index is 679. The summed E-state index contributed by atoms with van der Waals surface area (Å²) in [5.41, 5.74) is 11.0. The number of hydrogen-bond acceptors (Lipinski definition) is 9. The van der Waals surface area contributed by atoms with Crippen LogP contribution < -0.4 is 27.4 Å². The summed E-state index contributed by atoms with van der Waals surface area (Å²) in [7, 11) is 0. The summed E-state index contributed by atoms with van der Waals surface area (Å²) in [6.07, 6.45) is 0.970. The van der Waals surface area contributed by atoms with Gasteiger partial charge in [0.1, 0.15) is 24.2 Å². The molecule has 0 aromatic heterocycles. The smallest absolute Gasteiger partial charge is 0.326 e. The first-order valence-electron chi connectivity index (χ1n) is 10.4. The zero-order valence-corrected chi connectivity index (χ0v) is 19.6. The van der Waals surface area contributed by atoms with Crippen molar-refractivity contribution in [1.29, 1.82) is 0 Å². The summed E-state index contributed by atoms with van der Waals surface area (Å²) >= 11 is 1.37. The maximum absolute atomic E-state index is 12.8. The van der Waals surface area contributed by atoms with E-state index in [1.807, 2.05) is 0 Å². The average Bonchev–Trinajstić information content (AvgIpc) is 2.73. The second-order valence-corrected chi connectivity index (χ2v) is 8.44. The van der Waals surface area contributed by atoms with Gasteiger partial charge in [0.25, 0.3) is 0 Å². The van der Waals surface area contributed by atoms with E-state index in [1.165, 1.54) is 18.7 Å². The van der Waals surface area contributed by atoms with Gasteiger partial charge in [-0.1, -0.05) is 0 Å². The lowest BCUT2D eigenvalue weighted by Gasteiger charge is -2.25. The van der Waals surface area contributed by atoms with Crippen LogP contribution in [0.25, 0.3) is 0 Å². The summed E-state index contributed by atoms with van der Waals surface area (Å²) in [5.74, 6) is -4.89. The fourth-order valence-corrected chi connectivity index (χ4v) is 3.14. The van der Waals surface area contributed by atoms with Crippen LogP contribution in [0.4, 0.5) is 0 Å². The number of carboxylic acids is 2. The van der Waals surface area contributed by atoms with Crippen LogP contribution in [0.15, 0.2) is 0 Å². The van der Waals surface area contributed by atoms with E-state index >= 15 is 0 Å². The predicted octanol–water partition coefficient (Wildman–Crippen LogP) is -2.41. The molecule has 0 bridgehead atoms. The van der Waals surface area contributed by atoms with Gasteiger partial charge in [0.2, 0.25) is 17.7 Å². The van der Waals surface area contributed by atoms with Crippen LogP contribution in [0.5, 0.6) is 0 Å². The van der Waals surface area contributed by atoms with Crippen molar-refractivity contribution in [3.63, 3.8) is 0 Å². The molecule has 10 N–H and O–H groups in total. The van der Waals surface area contributed by atoms with Crippen LogP contribution >= 0.6 is 11.8 Å². The van der Waals surface area contributed by atoms with Crippen LogP contribution in [-0.2, 0) is 24.0 Å². The van der Waals surface area contributed by atoms with Gasteiger partial charge < -0.3 is 42.7 Å². The third-order valence-corrected chi connectivity index (χ3v) is 5.28. The highest BCUT2D eigenvalue weighted by Crippen LogP contribution is 2.06. The van der Waals surface area contributed by atoms with Gasteiger partial charge in [0.05, 0.1) is 12.5 Å². The molecule has 5 unspecified atom stereocenters. The maximum atomic E-state index is 12.8. The highest BCUT2D eigenvalue weighted by molar-refractivity contribution is 7.98. The van der Waals surface area contributed by atoms with E-state index in [-0.39, 0.29) is 12.8 Å². The number of carboxylic acid groups (broad SMARTS) is 2. The lowest BCUT2D eigenvalue weighted by Crippen LogP contribution is -2.58. The average molecular weight is 494 g/mol. The molecule has 0 aromatic rings. The fraction of sp³-hybridized carbons (Fsp3) is 0.737. The Morgan fingerprint density at radius 1 is 0.879 bits per heavy atom. The number of aliphatic hydroxyl groups excluding tert-OH is 1. The Morgan fingerprint density at radius 2 is 1.42 bits per heavy atom. The van der Waals surface area contributed by atoms with Crippen molar-refractivity contribution in [3.05, 3.63) is 0 Å². The Morgan fingerprint density at radius 3 is 1.91 bits per heavy atom. The van der Waals surface area contributed by atoms with Gasteiger partial charge in [-0.25, -0.2) is 4.79 Å². The second-order valence-electron chi connectivity index (χ2n) is 7.45. The molecule has 0 fully saturated rings. The molecule has 0 saturated heterocycles. The van der Waals surface area contributed by atoms with E-state index in [9.17, 15) is 34.2 Å². The molecular formula is C19H35N5O8S. The van der Waals surface area contributed by atoms with E-state index < -0.39 is 66.4 Å². The Hall–Kier alpha value is -2.42. The van der Waals surface area contributed by atoms with Crippen molar-refractivity contribution in [3.8, 4) is 0 Å². The predicted molar refractivity (Wildman–Crippen MR) is 121 cm³/mol. The lowest BCUT2D eigenvalue weighted by atomic mass is 10.1. The number of unbranched alkanes of at least 4 members (excludes halogenated alkanes) is 1. The quantitative estimate of drug-likeness (QED) is 0.0993. The van der Waals surface area contributed by atoms with Gasteiger partial charge in [-0.15, -0.1) is 0 Å². The largest absolute Gasteiger partial charge is 0.481 e. The third kappa shape index (κ3) is 12.4. The molecule has 3 amide bonds. The molecule has 13 nitrogen and oxygen atoms in total. The molecule has 0 aliphatic carbocycles. The standard InChI is InChI=1S/C19H35N5O8S/c1-10(25)15(21)18(30)22-11(5-3-4-7-20)16(28)24-13(9-14(26)27)17(29)23-12(19(31)32)6-8-33-2/h10-13,15,25H,3-9,20-21H2,1-2H3,(H,22,30)(H,23,29)(H,24,28)(H,26,27)(H,31,32). The monoisotopic (exact) mass is 493 g/mol. The maximum Gasteiger partial charge on any atom is 0.326 e. The third-order valence-electron chi connectivity index (χ3n) is 4.64. The SMILES string of the molecule is CSCCC(NC(=O)C(CC(=O)O)NC(=O)C(CCCCN)NC(=O)C(N)C(C)O)C(=O)O. The summed E-state index contributed by atoms with van der Waals surface area (Å²) in [4.78, 5) is 60.2. The summed E-state index contributed by atoms with van der Waals surface area (Å²) in [6.45, 7) is 1.64. The van der Waals surface area contributed by atoms with Gasteiger partial charge in [-0.2, -0.15) is 11.8 Å². The lowest BCUT2D eigenvalue weighted by molar-refractivity contribution is -0.143. The van der Waals surface area contributed by atoms with Gasteiger partial charge in [-0.3, -0.25) is 19.2 Å². The zero-order valence-electron chi connectivity index (χ0n) is 18.8. The number of nitrogens with two attached hydrogens (primary N) is 2. The Balaban J connectivity index is 5.48. The van der Waals surface area contributed by atoms with Crippen molar-refractivity contribution in [2.24, 2.45) is 11.5 Å². The molecule has 5 atom stereocenters. The molecule has 0 heterocycles. The fourth-order valence-electron chi connectivity index (χ4n) is 2.67. The van der Waals surface area contributed by atoms with E-state index in [4.69, 9.17) is 16.6 Å².